The van der Waals surface area contributed by atoms with E-state index < -0.39 is 6.10 Å². The molecule has 17 heavy (non-hydrogen) atoms. The fraction of sp³-hybridized carbons (Fsp3) is 0.571. The zero-order valence-electron chi connectivity index (χ0n) is 10.8. The van der Waals surface area contributed by atoms with Gasteiger partial charge in [-0.05, 0) is 26.3 Å². The predicted molar refractivity (Wildman–Crippen MR) is 67.8 cm³/mol. The highest BCUT2D eigenvalue weighted by atomic mass is 16.5. The quantitative estimate of drug-likeness (QED) is 0.827. The molecule has 3 nitrogen and oxygen atoms in total. The normalized spacial score (nSPS) is 13.6. The van der Waals surface area contributed by atoms with E-state index >= 15 is 0 Å². The van der Waals surface area contributed by atoms with Crippen molar-refractivity contribution >= 4 is 0 Å². The lowest BCUT2D eigenvalue weighted by Gasteiger charge is -2.21. The largest absolute Gasteiger partial charge is 0.388 e. The minimum Gasteiger partial charge on any atom is -0.388 e. The lowest BCUT2D eigenvalue weighted by atomic mass is 10.2. The van der Waals surface area contributed by atoms with Crippen molar-refractivity contribution in [3.05, 3.63) is 35.9 Å². The van der Waals surface area contributed by atoms with Gasteiger partial charge < -0.3 is 14.6 Å². The van der Waals surface area contributed by atoms with Crippen molar-refractivity contribution in [2.75, 3.05) is 13.2 Å². The molecular formula is C14H22O3. The Morgan fingerprint density at radius 3 is 2.35 bits per heavy atom. The third kappa shape index (κ3) is 7.10. The maximum atomic E-state index is 9.64. The number of hydrogen-bond acceptors (Lipinski definition) is 3. The van der Waals surface area contributed by atoms with Gasteiger partial charge in [0.2, 0.25) is 0 Å². The summed E-state index contributed by atoms with van der Waals surface area (Å²) < 4.78 is 10.9. The minimum absolute atomic E-state index is 0.222. The van der Waals surface area contributed by atoms with Gasteiger partial charge in [-0.3, -0.25) is 0 Å². The first kappa shape index (κ1) is 14.2. The monoisotopic (exact) mass is 238 g/mol. The van der Waals surface area contributed by atoms with Gasteiger partial charge in [0.05, 0.1) is 25.4 Å². The first-order valence-corrected chi connectivity index (χ1v) is 5.91. The third-order valence-corrected chi connectivity index (χ3v) is 2.13. The lowest BCUT2D eigenvalue weighted by molar-refractivity contribution is -0.0734. The average molecular weight is 238 g/mol. The molecule has 0 radical (unpaired) electrons. The van der Waals surface area contributed by atoms with E-state index in [4.69, 9.17) is 9.47 Å². The maximum absolute atomic E-state index is 9.64. The Hall–Kier alpha value is -0.900. The third-order valence-electron chi connectivity index (χ3n) is 2.13. The van der Waals surface area contributed by atoms with Gasteiger partial charge in [-0.2, -0.15) is 0 Å². The summed E-state index contributed by atoms with van der Waals surface area (Å²) in [6.07, 6.45) is -0.571. The molecule has 0 spiro atoms. The minimum atomic E-state index is -0.571. The van der Waals surface area contributed by atoms with Gasteiger partial charge >= 0.3 is 0 Å². The Morgan fingerprint density at radius 1 is 1.12 bits per heavy atom. The fourth-order valence-corrected chi connectivity index (χ4v) is 1.28. The number of ether oxygens (including phenoxy) is 2. The van der Waals surface area contributed by atoms with Crippen LogP contribution in [-0.2, 0) is 16.1 Å². The fourth-order valence-electron chi connectivity index (χ4n) is 1.28. The van der Waals surface area contributed by atoms with Crippen LogP contribution >= 0.6 is 0 Å². The SMILES string of the molecule is CC(C)(C)OCC(O)COCc1ccccc1. The van der Waals surface area contributed by atoms with Gasteiger partial charge in [-0.25, -0.2) is 0 Å². The molecule has 3 heteroatoms. The number of aliphatic hydroxyl groups excluding tert-OH is 1. The van der Waals surface area contributed by atoms with Crippen LogP contribution in [0.3, 0.4) is 0 Å². The summed E-state index contributed by atoms with van der Waals surface area (Å²) in [6, 6.07) is 9.90. The molecule has 1 atom stereocenters. The summed E-state index contributed by atoms with van der Waals surface area (Å²) in [7, 11) is 0. The maximum Gasteiger partial charge on any atom is 0.101 e. The van der Waals surface area contributed by atoms with E-state index in [0.29, 0.717) is 19.8 Å². The molecule has 1 aromatic rings. The van der Waals surface area contributed by atoms with Crippen molar-refractivity contribution in [1.82, 2.24) is 0 Å². The Morgan fingerprint density at radius 2 is 1.76 bits per heavy atom. The first-order valence-electron chi connectivity index (χ1n) is 5.91. The molecule has 1 aromatic carbocycles. The molecule has 0 saturated heterocycles. The van der Waals surface area contributed by atoms with Crippen molar-refractivity contribution in [3.63, 3.8) is 0 Å². The summed E-state index contributed by atoms with van der Waals surface area (Å²) in [5.41, 5.74) is 0.886. The molecule has 1 N–H and O–H groups in total. The number of hydrogen-bond donors (Lipinski definition) is 1. The van der Waals surface area contributed by atoms with Crippen LogP contribution in [0.4, 0.5) is 0 Å². The highest BCUT2D eigenvalue weighted by molar-refractivity contribution is 5.13. The van der Waals surface area contributed by atoms with Crippen LogP contribution in [0.1, 0.15) is 26.3 Å². The van der Waals surface area contributed by atoms with Crippen molar-refractivity contribution in [2.45, 2.75) is 39.1 Å². The molecule has 0 bridgehead atoms. The van der Waals surface area contributed by atoms with Crippen molar-refractivity contribution in [3.8, 4) is 0 Å². The van der Waals surface area contributed by atoms with Crippen molar-refractivity contribution in [2.24, 2.45) is 0 Å². The van der Waals surface area contributed by atoms with E-state index in [9.17, 15) is 5.11 Å². The Bertz CT molecular complexity index is 303. The lowest BCUT2D eigenvalue weighted by Crippen LogP contribution is -2.28. The van der Waals surface area contributed by atoms with Crippen molar-refractivity contribution < 1.29 is 14.6 Å². The Balaban J connectivity index is 2.14. The summed E-state index contributed by atoms with van der Waals surface area (Å²) >= 11 is 0. The summed E-state index contributed by atoms with van der Waals surface area (Å²) in [5.74, 6) is 0. The van der Waals surface area contributed by atoms with E-state index in [0.717, 1.165) is 5.56 Å². The van der Waals surface area contributed by atoms with E-state index in [2.05, 4.69) is 0 Å². The molecule has 0 aliphatic heterocycles. The second-order valence-electron chi connectivity index (χ2n) is 5.08. The molecule has 0 heterocycles. The number of aliphatic hydroxyl groups is 1. The van der Waals surface area contributed by atoms with Crippen LogP contribution in [0.25, 0.3) is 0 Å². The molecule has 0 aliphatic rings. The molecule has 1 rings (SSSR count). The summed E-state index contributed by atoms with van der Waals surface area (Å²) in [6.45, 7) is 7.01. The Labute approximate surface area is 103 Å². The standard InChI is InChI=1S/C14H22O3/c1-14(2,3)17-11-13(15)10-16-9-12-7-5-4-6-8-12/h4-8,13,15H,9-11H2,1-3H3. The van der Waals surface area contributed by atoms with Gasteiger partial charge in [0, 0.05) is 0 Å². The van der Waals surface area contributed by atoms with Crippen molar-refractivity contribution in [1.29, 1.82) is 0 Å². The number of benzene rings is 1. The number of rotatable bonds is 6. The van der Waals surface area contributed by atoms with E-state index in [-0.39, 0.29) is 5.60 Å². The molecule has 0 amide bonds. The van der Waals surface area contributed by atoms with E-state index in [1.165, 1.54) is 0 Å². The van der Waals surface area contributed by atoms with Crippen LogP contribution in [0.15, 0.2) is 30.3 Å². The van der Waals surface area contributed by atoms with Gasteiger partial charge in [0.15, 0.2) is 0 Å². The second kappa shape index (κ2) is 6.74. The van der Waals surface area contributed by atoms with Gasteiger partial charge in [0.25, 0.3) is 0 Å². The van der Waals surface area contributed by atoms with E-state index in [1.807, 2.05) is 51.1 Å². The van der Waals surface area contributed by atoms with E-state index in [1.54, 1.807) is 0 Å². The molecule has 96 valence electrons. The topological polar surface area (TPSA) is 38.7 Å². The molecule has 0 fully saturated rings. The van der Waals surface area contributed by atoms with Crippen LogP contribution in [-0.4, -0.2) is 30.0 Å². The van der Waals surface area contributed by atoms with Crippen LogP contribution in [0.2, 0.25) is 0 Å². The average Bonchev–Trinajstić information content (AvgIpc) is 2.27. The van der Waals surface area contributed by atoms with Crippen LogP contribution < -0.4 is 0 Å². The molecular weight excluding hydrogens is 216 g/mol. The zero-order chi connectivity index (χ0) is 12.7. The molecule has 1 unspecified atom stereocenters. The van der Waals surface area contributed by atoms with Gasteiger partial charge in [0.1, 0.15) is 6.10 Å². The second-order valence-corrected chi connectivity index (χ2v) is 5.08. The summed E-state index contributed by atoms with van der Waals surface area (Å²) in [5, 5.41) is 9.64. The molecule has 0 saturated carbocycles. The van der Waals surface area contributed by atoms with Gasteiger partial charge in [-0.1, -0.05) is 30.3 Å². The molecule has 0 aliphatic carbocycles. The van der Waals surface area contributed by atoms with Crippen LogP contribution in [0.5, 0.6) is 0 Å². The highest BCUT2D eigenvalue weighted by Crippen LogP contribution is 2.07. The highest BCUT2D eigenvalue weighted by Gasteiger charge is 2.13. The molecule has 0 aromatic heterocycles. The van der Waals surface area contributed by atoms with Crippen LogP contribution in [0, 0.1) is 0 Å². The summed E-state index contributed by atoms with van der Waals surface area (Å²) in [4.78, 5) is 0. The zero-order valence-corrected chi connectivity index (χ0v) is 10.8. The Kier molecular flexibility index (Phi) is 5.62. The first-order chi connectivity index (χ1) is 7.97. The predicted octanol–water partition coefficient (Wildman–Crippen LogP) is 2.38. The smallest absolute Gasteiger partial charge is 0.101 e. The van der Waals surface area contributed by atoms with Gasteiger partial charge in [-0.15, -0.1) is 0 Å².